The highest BCUT2D eigenvalue weighted by atomic mass is 16.4. The molecular formula is C41H66N14O12. The van der Waals surface area contributed by atoms with Crippen molar-refractivity contribution in [3.63, 3.8) is 0 Å². The van der Waals surface area contributed by atoms with Gasteiger partial charge in [0.25, 0.3) is 0 Å². The molecule has 0 spiro atoms. The number of phenols is 1. The second kappa shape index (κ2) is 26.4. The van der Waals surface area contributed by atoms with Gasteiger partial charge in [0.15, 0.2) is 18.0 Å². The van der Waals surface area contributed by atoms with Crippen LogP contribution in [0.2, 0.25) is 0 Å². The number of guanidine groups is 2. The van der Waals surface area contributed by atoms with E-state index in [0.717, 1.165) is 11.8 Å². The highest BCUT2D eigenvalue weighted by Gasteiger charge is 2.43. The summed E-state index contributed by atoms with van der Waals surface area (Å²) in [5.74, 6) is -7.43. The van der Waals surface area contributed by atoms with Gasteiger partial charge in [-0.1, -0.05) is 12.1 Å². The number of nitrogens with one attached hydrogen (secondary N) is 5. The second-order valence-electron chi connectivity index (χ2n) is 16.4. The molecule has 0 saturated carbocycles. The van der Waals surface area contributed by atoms with Crippen molar-refractivity contribution in [2.75, 3.05) is 32.7 Å². The number of carbonyl (C=O) groups excluding carboxylic acids is 7. The molecule has 2 fully saturated rings. The Morgan fingerprint density at radius 2 is 1.12 bits per heavy atom. The molecule has 0 radical (unpaired) electrons. The minimum Gasteiger partial charge on any atom is -0.508 e. The molecule has 0 bridgehead atoms. The first-order chi connectivity index (χ1) is 31.6. The number of benzene rings is 1. The molecule has 3 rings (SSSR count). The number of hydrogen-bond donors (Lipinski definition) is 14. The van der Waals surface area contributed by atoms with Crippen LogP contribution in [-0.2, 0) is 44.8 Å². The van der Waals surface area contributed by atoms with Crippen LogP contribution in [0.5, 0.6) is 5.75 Å². The van der Waals surface area contributed by atoms with Crippen molar-refractivity contribution in [3.8, 4) is 5.75 Å². The predicted molar refractivity (Wildman–Crippen MR) is 241 cm³/mol. The summed E-state index contributed by atoms with van der Waals surface area (Å²) < 4.78 is 0. The summed E-state index contributed by atoms with van der Waals surface area (Å²) in [6.07, 6.45) is -1.88. The molecule has 2 heterocycles. The largest absolute Gasteiger partial charge is 0.508 e. The van der Waals surface area contributed by atoms with Crippen LogP contribution in [0.3, 0.4) is 0 Å². The van der Waals surface area contributed by atoms with Crippen molar-refractivity contribution in [1.29, 1.82) is 0 Å². The van der Waals surface area contributed by atoms with Crippen molar-refractivity contribution < 1.29 is 58.8 Å². The maximum absolute atomic E-state index is 14.2. The monoisotopic (exact) mass is 946 g/mol. The number of nitrogens with zero attached hydrogens (tertiary/aromatic N) is 4. The van der Waals surface area contributed by atoms with Gasteiger partial charge in [-0.3, -0.25) is 43.5 Å². The predicted octanol–water partition coefficient (Wildman–Crippen LogP) is -5.75. The molecule has 1 aromatic carbocycles. The average Bonchev–Trinajstić information content (AvgIpc) is 3.97. The summed E-state index contributed by atoms with van der Waals surface area (Å²) in [4.78, 5) is 118. The first-order valence-electron chi connectivity index (χ1n) is 21.9. The molecule has 1 aromatic rings. The van der Waals surface area contributed by atoms with Crippen LogP contribution in [-0.4, -0.2) is 177 Å². The van der Waals surface area contributed by atoms with Gasteiger partial charge in [0.2, 0.25) is 41.4 Å². The third-order valence-corrected chi connectivity index (χ3v) is 11.1. The fourth-order valence-corrected chi connectivity index (χ4v) is 7.67. The first-order valence-corrected chi connectivity index (χ1v) is 21.9. The van der Waals surface area contributed by atoms with Gasteiger partial charge in [-0.15, -0.1) is 0 Å². The summed E-state index contributed by atoms with van der Waals surface area (Å²) in [6.45, 7) is 2.22. The number of aliphatic hydroxyl groups is 2. The minimum atomic E-state index is -1.71. The number of rotatable bonds is 25. The molecule has 0 unspecified atom stereocenters. The first kappa shape index (κ1) is 54.5. The van der Waals surface area contributed by atoms with E-state index in [9.17, 15) is 58.8 Å². The van der Waals surface area contributed by atoms with Crippen LogP contribution in [0.25, 0.3) is 0 Å². The third kappa shape index (κ3) is 16.9. The molecule has 26 heteroatoms. The standard InChI is InChI=1S/C41H66N14O12/c1-21(56)31(38(65)55-18-6-10-29(55)36(63)51-26(8-4-16-48-41(45)46)34(61)53-32(22(2)57)39(66)67)52-33(60)25(7-3-15-47-40(43)44)50-35(62)28-9-5-17-54(28)37(64)27(49-30(59)20-42)19-23-11-13-24(58)14-12-23/h11-14,21-22,25-29,31-32,56-58H,3-10,15-20,42H2,1-2H3,(H,49,59)(H,50,62)(H,51,63)(H,52,60)(H,53,61)(H,66,67)(H4,43,44,47)(H4,45,46,48)/t21-,22-,25+,26+,27+,28+,29+,31+,32+/m1/s1. The van der Waals surface area contributed by atoms with E-state index in [1.807, 2.05) is 0 Å². The smallest absolute Gasteiger partial charge is 0.328 e. The fourth-order valence-electron chi connectivity index (χ4n) is 7.67. The number of amides is 7. The van der Waals surface area contributed by atoms with Crippen LogP contribution in [0.15, 0.2) is 34.3 Å². The zero-order valence-electron chi connectivity index (χ0n) is 37.6. The summed E-state index contributed by atoms with van der Waals surface area (Å²) >= 11 is 0. The number of nitrogens with two attached hydrogens (primary N) is 5. The second-order valence-corrected chi connectivity index (χ2v) is 16.4. The molecule has 0 aromatic heterocycles. The van der Waals surface area contributed by atoms with E-state index < -0.39 is 108 Å². The molecule has 26 nitrogen and oxygen atoms in total. The van der Waals surface area contributed by atoms with Crippen LogP contribution in [0.4, 0.5) is 0 Å². The number of phenolic OH excluding ortho intramolecular Hbond substituents is 1. The molecule has 0 aliphatic carbocycles. The lowest BCUT2D eigenvalue weighted by molar-refractivity contribution is -0.146. The molecule has 7 amide bonds. The molecule has 19 N–H and O–H groups in total. The van der Waals surface area contributed by atoms with E-state index in [0.29, 0.717) is 18.4 Å². The number of carboxylic acid groups (broad SMARTS) is 1. The highest BCUT2D eigenvalue weighted by molar-refractivity contribution is 5.98. The highest BCUT2D eigenvalue weighted by Crippen LogP contribution is 2.23. The van der Waals surface area contributed by atoms with Gasteiger partial charge < -0.3 is 85.5 Å². The molecule has 2 aliphatic heterocycles. The Kier molecular flexibility index (Phi) is 21.5. The third-order valence-electron chi connectivity index (χ3n) is 11.1. The normalized spacial score (nSPS) is 18.7. The van der Waals surface area contributed by atoms with E-state index in [1.165, 1.54) is 24.0 Å². The van der Waals surface area contributed by atoms with Gasteiger partial charge in [-0.05, 0) is 82.9 Å². The van der Waals surface area contributed by atoms with Gasteiger partial charge in [0.05, 0.1) is 18.8 Å². The molecule has 67 heavy (non-hydrogen) atoms. The zero-order chi connectivity index (χ0) is 50.0. The van der Waals surface area contributed by atoms with Crippen LogP contribution in [0.1, 0.15) is 70.8 Å². The maximum Gasteiger partial charge on any atom is 0.328 e. The van der Waals surface area contributed by atoms with Gasteiger partial charge in [0.1, 0.15) is 42.0 Å². The summed E-state index contributed by atoms with van der Waals surface area (Å²) in [5.41, 5.74) is 27.8. The van der Waals surface area contributed by atoms with Gasteiger partial charge in [-0.25, -0.2) is 4.79 Å². The lowest BCUT2D eigenvalue weighted by Gasteiger charge is -2.32. The van der Waals surface area contributed by atoms with E-state index in [2.05, 4.69) is 36.6 Å². The molecule has 9 atom stereocenters. The summed E-state index contributed by atoms with van der Waals surface area (Å²) in [5, 5.41) is 52.6. The van der Waals surface area contributed by atoms with Gasteiger partial charge >= 0.3 is 5.97 Å². The lowest BCUT2D eigenvalue weighted by atomic mass is 10.0. The van der Waals surface area contributed by atoms with Crippen molar-refractivity contribution in [2.45, 2.75) is 126 Å². The van der Waals surface area contributed by atoms with Crippen molar-refractivity contribution in [2.24, 2.45) is 38.7 Å². The number of aliphatic imine (C=N–C) groups is 2. The van der Waals surface area contributed by atoms with Crippen LogP contribution < -0.4 is 55.3 Å². The lowest BCUT2D eigenvalue weighted by Crippen LogP contribution is -2.61. The Morgan fingerprint density at radius 3 is 1.54 bits per heavy atom. The Balaban J connectivity index is 1.83. The number of carbonyl (C=O) groups is 8. The van der Waals surface area contributed by atoms with E-state index in [1.54, 1.807) is 12.1 Å². The minimum absolute atomic E-state index is 0.00414. The van der Waals surface area contributed by atoms with Crippen molar-refractivity contribution in [1.82, 2.24) is 36.4 Å². The van der Waals surface area contributed by atoms with Crippen molar-refractivity contribution in [3.05, 3.63) is 29.8 Å². The quantitative estimate of drug-likeness (QED) is 0.0247. The number of likely N-dealkylation sites (tertiary alicyclic amines) is 2. The number of aromatic hydroxyl groups is 1. The van der Waals surface area contributed by atoms with Gasteiger partial charge in [0, 0.05) is 32.6 Å². The Hall–Kier alpha value is -6.80. The topological polar surface area (TPSA) is 439 Å². The zero-order valence-corrected chi connectivity index (χ0v) is 37.6. The Bertz CT molecular complexity index is 1960. The molecular weight excluding hydrogens is 881 g/mol. The summed E-state index contributed by atoms with van der Waals surface area (Å²) in [7, 11) is 0. The molecule has 2 saturated heterocycles. The molecule has 372 valence electrons. The SMILES string of the molecule is C[C@@H](O)[C@H](NC(=O)[C@H](CCCN=C(N)N)NC(=O)[C@@H]1CCCN1C(=O)[C@@H](NC(=O)[C@H](CCCN=C(N)N)NC(=O)[C@@H]1CCCN1C(=O)[C@H](Cc1ccc(O)cc1)NC(=O)CN)[C@@H](C)O)C(=O)O. The average molecular weight is 947 g/mol. The number of hydrogen-bond acceptors (Lipinski definition) is 14. The van der Waals surface area contributed by atoms with E-state index >= 15 is 0 Å². The Morgan fingerprint density at radius 1 is 0.672 bits per heavy atom. The van der Waals surface area contributed by atoms with E-state index in [4.69, 9.17) is 28.7 Å². The molecule has 2 aliphatic rings. The number of aliphatic carboxylic acids is 1. The maximum atomic E-state index is 14.2. The van der Waals surface area contributed by atoms with Gasteiger partial charge in [-0.2, -0.15) is 0 Å². The van der Waals surface area contributed by atoms with Crippen molar-refractivity contribution >= 4 is 59.2 Å². The van der Waals surface area contributed by atoms with Crippen LogP contribution >= 0.6 is 0 Å². The summed E-state index contributed by atoms with van der Waals surface area (Å²) in [6, 6.07) is -3.55. The fraction of sp³-hybridized carbons (Fsp3) is 0.610. The number of carboxylic acids is 1. The van der Waals surface area contributed by atoms with Crippen LogP contribution in [0, 0.1) is 0 Å². The number of aliphatic hydroxyl groups excluding tert-OH is 2. The van der Waals surface area contributed by atoms with E-state index in [-0.39, 0.29) is 88.8 Å². The Labute approximate surface area is 386 Å².